The van der Waals surface area contributed by atoms with E-state index in [0.29, 0.717) is 49.4 Å². The zero-order valence-corrected chi connectivity index (χ0v) is 31.7. The maximum atomic E-state index is 15.3. The van der Waals surface area contributed by atoms with Crippen LogP contribution in [0.4, 0.5) is 45.2 Å². The molecule has 5 rings (SSSR count). The van der Waals surface area contributed by atoms with Crippen LogP contribution in [0.2, 0.25) is 0 Å². The van der Waals surface area contributed by atoms with Gasteiger partial charge in [0.25, 0.3) is 0 Å². The van der Waals surface area contributed by atoms with Gasteiger partial charge in [0.15, 0.2) is 6.29 Å². The second-order valence-electron chi connectivity index (χ2n) is 14.8. The monoisotopic (exact) mass is 830 g/mol. The number of benzene rings is 3. The van der Waals surface area contributed by atoms with Crippen molar-refractivity contribution >= 4 is 17.9 Å². The van der Waals surface area contributed by atoms with E-state index in [1.807, 2.05) is 11.8 Å². The van der Waals surface area contributed by atoms with Gasteiger partial charge < -0.3 is 19.8 Å². The van der Waals surface area contributed by atoms with E-state index >= 15 is 26.3 Å². The van der Waals surface area contributed by atoms with Crippen LogP contribution in [0, 0.1) is 11.8 Å². The maximum Gasteiger partial charge on any atom is 0.416 e. The van der Waals surface area contributed by atoms with Crippen LogP contribution in [-0.4, -0.2) is 84.4 Å². The predicted octanol–water partition coefficient (Wildman–Crippen LogP) is 8.97. The number of nitrogens with zero attached hydrogens (tertiary/aromatic N) is 3. The first-order valence-corrected chi connectivity index (χ1v) is 19.0. The van der Waals surface area contributed by atoms with Gasteiger partial charge in [-0.05, 0) is 79.3 Å². The zero-order chi connectivity index (χ0) is 42.3. The van der Waals surface area contributed by atoms with Crippen molar-refractivity contribution < 1.29 is 59.3 Å². The first kappa shape index (κ1) is 44.9. The topological polar surface area (TPSA) is 97.6 Å². The minimum atomic E-state index is -5.10. The number of rotatable bonds is 16. The van der Waals surface area contributed by atoms with Gasteiger partial charge in [-0.15, -0.1) is 0 Å². The zero-order valence-electron chi connectivity index (χ0n) is 31.7. The Bertz CT molecular complexity index is 1800. The van der Waals surface area contributed by atoms with E-state index < -0.39 is 80.2 Å². The van der Waals surface area contributed by atoms with Gasteiger partial charge in [0, 0.05) is 44.5 Å². The van der Waals surface area contributed by atoms with Crippen molar-refractivity contribution in [3.05, 3.63) is 101 Å². The second-order valence-corrected chi connectivity index (χ2v) is 14.8. The molecule has 3 aromatic carbocycles. The third-order valence-corrected chi connectivity index (χ3v) is 10.9. The number of aliphatic hydroxyl groups is 1. The standard InChI is InChI=1S/C41H47F9N4O4/c1-2-53(24-28-15-13-27(14-16-28)21-34(56)57)33-18-17-32(39(42,43)44)22-31(33)23-51-37-52-25-38(58-20-19-55,35(40(45,46)47)29-9-5-3-6-10-29)26-54(37)36(41(48,49)50)30-11-7-4-8-12-30/h3-12,17-18,22,25,27-28,35-37,51,55H,2,13-16,19-21,23-24,26H2,1H3,(H,56,57). The molecule has 0 amide bonds. The molecule has 3 aromatic rings. The molecule has 0 aromatic heterocycles. The number of hydrogen-bond donors (Lipinski definition) is 3. The maximum absolute atomic E-state index is 15.3. The Morgan fingerprint density at radius 3 is 2.03 bits per heavy atom. The fourth-order valence-corrected chi connectivity index (χ4v) is 8.25. The molecule has 1 fully saturated rings. The van der Waals surface area contributed by atoms with Crippen LogP contribution in [0.3, 0.4) is 0 Å². The molecule has 0 radical (unpaired) electrons. The Labute approximate surface area is 330 Å². The quantitative estimate of drug-likeness (QED) is 0.124. The first-order chi connectivity index (χ1) is 27.4. The molecule has 8 nitrogen and oxygen atoms in total. The number of anilines is 1. The number of ether oxygens (including phenoxy) is 1. The molecule has 2 aliphatic rings. The third kappa shape index (κ3) is 11.1. The van der Waals surface area contributed by atoms with Crippen LogP contribution in [0.25, 0.3) is 0 Å². The number of aliphatic hydroxyl groups excluding tert-OH is 1. The summed E-state index contributed by atoms with van der Waals surface area (Å²) in [6.45, 7) is -0.362. The lowest BCUT2D eigenvalue weighted by molar-refractivity contribution is -0.223. The van der Waals surface area contributed by atoms with E-state index in [9.17, 15) is 28.2 Å². The predicted molar refractivity (Wildman–Crippen MR) is 199 cm³/mol. The number of carbonyl (C=O) groups is 1. The highest BCUT2D eigenvalue weighted by atomic mass is 19.4. The highest BCUT2D eigenvalue weighted by Gasteiger charge is 2.59. The van der Waals surface area contributed by atoms with Crippen molar-refractivity contribution in [2.75, 3.05) is 37.7 Å². The van der Waals surface area contributed by atoms with Crippen LogP contribution >= 0.6 is 0 Å². The molecular formula is C41H47F9N4O4. The molecule has 318 valence electrons. The Kier molecular flexibility index (Phi) is 14.6. The number of halogens is 9. The lowest BCUT2D eigenvalue weighted by atomic mass is 9.80. The van der Waals surface area contributed by atoms with E-state index in [1.165, 1.54) is 66.7 Å². The van der Waals surface area contributed by atoms with Gasteiger partial charge in [0.2, 0.25) is 0 Å². The van der Waals surface area contributed by atoms with Crippen molar-refractivity contribution in [3.63, 3.8) is 0 Å². The largest absolute Gasteiger partial charge is 0.481 e. The van der Waals surface area contributed by atoms with Gasteiger partial charge in [0.05, 0.1) is 18.8 Å². The minimum absolute atomic E-state index is 0.0249. The normalized spacial score (nSPS) is 23.1. The van der Waals surface area contributed by atoms with Gasteiger partial charge in [-0.1, -0.05) is 60.7 Å². The van der Waals surface area contributed by atoms with Crippen LogP contribution in [-0.2, 0) is 22.3 Å². The SMILES string of the molecule is CCN(CC1CCC(CC(=O)O)CC1)c1ccc(C(F)(F)F)cc1CNC1N=CC(OCCO)(C(c2ccccc2)C(F)(F)F)CN1C(c1ccccc1)C(F)(F)F. The molecule has 4 unspecified atom stereocenters. The fourth-order valence-electron chi connectivity index (χ4n) is 8.25. The summed E-state index contributed by atoms with van der Waals surface area (Å²) < 4.78 is 139. The molecule has 1 aliphatic carbocycles. The fraction of sp³-hybridized carbons (Fsp3) is 0.512. The Balaban J connectivity index is 1.56. The summed E-state index contributed by atoms with van der Waals surface area (Å²) in [5.41, 5.74) is -3.81. The van der Waals surface area contributed by atoms with Crippen molar-refractivity contribution in [2.24, 2.45) is 16.8 Å². The second kappa shape index (κ2) is 18.8. The van der Waals surface area contributed by atoms with Crippen molar-refractivity contribution in [3.8, 4) is 0 Å². The van der Waals surface area contributed by atoms with Crippen LogP contribution in [0.15, 0.2) is 83.9 Å². The molecule has 1 saturated carbocycles. The van der Waals surface area contributed by atoms with Gasteiger partial charge >= 0.3 is 24.5 Å². The average molecular weight is 831 g/mol. The van der Waals surface area contributed by atoms with E-state index in [4.69, 9.17) is 4.74 Å². The number of carboxylic acids is 1. The summed E-state index contributed by atoms with van der Waals surface area (Å²) in [5, 5.41) is 21.7. The van der Waals surface area contributed by atoms with Crippen LogP contribution in [0.1, 0.15) is 73.2 Å². The highest BCUT2D eigenvalue weighted by Crippen LogP contribution is 2.48. The number of hydrogen-bond acceptors (Lipinski definition) is 7. The Hall–Kier alpha value is -4.19. The summed E-state index contributed by atoms with van der Waals surface area (Å²) in [6.07, 6.45) is -13.1. The molecule has 1 aliphatic heterocycles. The van der Waals surface area contributed by atoms with Crippen molar-refractivity contribution in [2.45, 2.75) is 88.0 Å². The Morgan fingerprint density at radius 2 is 1.50 bits per heavy atom. The lowest BCUT2D eigenvalue weighted by Gasteiger charge is -2.49. The molecule has 0 saturated heterocycles. The van der Waals surface area contributed by atoms with Gasteiger partial charge in [-0.25, -0.2) is 0 Å². The van der Waals surface area contributed by atoms with Crippen LogP contribution < -0.4 is 10.2 Å². The summed E-state index contributed by atoms with van der Waals surface area (Å²) in [5.74, 6) is -3.30. The summed E-state index contributed by atoms with van der Waals surface area (Å²) >= 11 is 0. The number of nitrogens with one attached hydrogen (secondary N) is 1. The van der Waals surface area contributed by atoms with E-state index in [2.05, 4.69) is 10.3 Å². The number of alkyl halides is 9. The molecule has 4 atom stereocenters. The Morgan fingerprint density at radius 1 is 0.897 bits per heavy atom. The van der Waals surface area contributed by atoms with E-state index in [1.54, 1.807) is 0 Å². The smallest absolute Gasteiger partial charge is 0.416 e. The average Bonchev–Trinajstić information content (AvgIpc) is 3.16. The molecule has 1 heterocycles. The summed E-state index contributed by atoms with van der Waals surface area (Å²) in [6, 6.07) is 13.5. The summed E-state index contributed by atoms with van der Waals surface area (Å²) in [4.78, 5) is 18.0. The van der Waals surface area contributed by atoms with Crippen molar-refractivity contribution in [1.29, 1.82) is 0 Å². The number of aliphatic carboxylic acids is 1. The number of aliphatic imine (C=N–C) groups is 1. The third-order valence-electron chi connectivity index (χ3n) is 10.9. The minimum Gasteiger partial charge on any atom is -0.481 e. The molecule has 3 N–H and O–H groups in total. The molecule has 0 spiro atoms. The molecule has 17 heteroatoms. The first-order valence-electron chi connectivity index (χ1n) is 19.0. The van der Waals surface area contributed by atoms with Crippen LogP contribution in [0.5, 0.6) is 0 Å². The molecule has 58 heavy (non-hydrogen) atoms. The van der Waals surface area contributed by atoms with Gasteiger partial charge in [-0.3, -0.25) is 20.0 Å². The van der Waals surface area contributed by atoms with E-state index in [0.717, 1.165) is 18.3 Å². The molecular weight excluding hydrogens is 783 g/mol. The van der Waals surface area contributed by atoms with Gasteiger partial charge in [0.1, 0.15) is 17.6 Å². The summed E-state index contributed by atoms with van der Waals surface area (Å²) in [7, 11) is 0. The highest BCUT2D eigenvalue weighted by molar-refractivity contribution is 5.73. The van der Waals surface area contributed by atoms with Gasteiger partial charge in [-0.2, -0.15) is 39.5 Å². The number of carboxylic acid groups (broad SMARTS) is 1. The van der Waals surface area contributed by atoms with Crippen molar-refractivity contribution in [1.82, 2.24) is 10.2 Å². The molecule has 0 bridgehead atoms. The van der Waals surface area contributed by atoms with E-state index in [-0.39, 0.29) is 34.9 Å². The lowest BCUT2D eigenvalue weighted by Crippen LogP contribution is -2.63.